The van der Waals surface area contributed by atoms with E-state index in [1.54, 1.807) is 18.2 Å². The van der Waals surface area contributed by atoms with Gasteiger partial charge in [0.25, 0.3) is 5.78 Å². The normalized spacial score (nSPS) is 34.8. The van der Waals surface area contributed by atoms with E-state index >= 15 is 0 Å². The zero-order valence-electron chi connectivity index (χ0n) is 19.7. The highest BCUT2D eigenvalue weighted by atomic mass is 16.7. The van der Waals surface area contributed by atoms with Crippen molar-refractivity contribution in [2.24, 2.45) is 17.3 Å². The summed E-state index contributed by atoms with van der Waals surface area (Å²) in [4.78, 5) is 27.8. The van der Waals surface area contributed by atoms with Gasteiger partial charge in [-0.05, 0) is 31.1 Å². The lowest BCUT2D eigenvalue weighted by Crippen LogP contribution is -2.81. The molecule has 176 valence electrons. The van der Waals surface area contributed by atoms with Crippen LogP contribution in [-0.2, 0) is 38.0 Å². The Morgan fingerprint density at radius 2 is 1.53 bits per heavy atom. The number of carbonyl (C=O) groups is 2. The molecule has 0 unspecified atom stereocenters. The molecule has 4 aliphatic carbocycles. The van der Waals surface area contributed by atoms with Crippen molar-refractivity contribution in [1.29, 1.82) is 0 Å². The second kappa shape index (κ2) is 8.35. The van der Waals surface area contributed by atoms with Crippen molar-refractivity contribution < 1.29 is 38.0 Å². The van der Waals surface area contributed by atoms with Crippen molar-refractivity contribution in [3.05, 3.63) is 48.3 Å². The zero-order valence-corrected chi connectivity index (χ0v) is 19.7. The summed E-state index contributed by atoms with van der Waals surface area (Å²) in [6.45, 7) is 5.77. The SMILES string of the molecule is C=CC[C@]12C=C(OC)C(=O)C(OC)(OC)[C@H]1[C@H]1C(/C=C/C)=C[C@]2(OC)C(=O)C1(OC)OC. The first-order valence-electron chi connectivity index (χ1n) is 10.3. The van der Waals surface area contributed by atoms with E-state index in [-0.39, 0.29) is 12.2 Å². The van der Waals surface area contributed by atoms with Gasteiger partial charge in [0.1, 0.15) is 0 Å². The van der Waals surface area contributed by atoms with Crippen molar-refractivity contribution in [2.45, 2.75) is 30.5 Å². The van der Waals surface area contributed by atoms with Gasteiger partial charge in [0.2, 0.25) is 17.4 Å². The molecule has 0 aromatic rings. The third-order valence-electron chi connectivity index (χ3n) is 7.31. The second-order valence-electron chi connectivity index (χ2n) is 8.10. The predicted molar refractivity (Wildman–Crippen MR) is 115 cm³/mol. The fourth-order valence-electron chi connectivity index (χ4n) is 6.12. The summed E-state index contributed by atoms with van der Waals surface area (Å²) in [5, 5.41) is 0. The van der Waals surface area contributed by atoms with Crippen molar-refractivity contribution in [3.8, 4) is 0 Å². The number of fused-ring (bicyclic) bond motifs is 1. The first-order chi connectivity index (χ1) is 15.3. The van der Waals surface area contributed by atoms with Crippen molar-refractivity contribution in [3.63, 3.8) is 0 Å². The average molecular weight is 449 g/mol. The van der Waals surface area contributed by atoms with Crippen molar-refractivity contribution in [1.82, 2.24) is 0 Å². The van der Waals surface area contributed by atoms with Crippen LogP contribution in [0, 0.1) is 17.3 Å². The van der Waals surface area contributed by atoms with E-state index in [2.05, 4.69) is 6.58 Å². The maximum atomic E-state index is 14.2. The molecular weight excluding hydrogens is 416 g/mol. The molecule has 4 atom stereocenters. The molecule has 4 aliphatic rings. The highest BCUT2D eigenvalue weighted by Crippen LogP contribution is 2.68. The van der Waals surface area contributed by atoms with E-state index in [1.165, 1.54) is 42.7 Å². The van der Waals surface area contributed by atoms with Crippen molar-refractivity contribution >= 4 is 11.6 Å². The van der Waals surface area contributed by atoms with Crippen LogP contribution >= 0.6 is 0 Å². The van der Waals surface area contributed by atoms with Crippen LogP contribution in [-0.4, -0.2) is 71.4 Å². The minimum atomic E-state index is -1.80. The molecular formula is C24H32O8. The molecule has 0 aromatic carbocycles. The molecule has 0 amide bonds. The Morgan fingerprint density at radius 1 is 0.938 bits per heavy atom. The van der Waals surface area contributed by atoms with Crippen molar-refractivity contribution in [2.75, 3.05) is 42.7 Å². The van der Waals surface area contributed by atoms with Gasteiger partial charge in [-0.2, -0.15) is 0 Å². The maximum absolute atomic E-state index is 14.2. The Balaban J connectivity index is 2.59. The van der Waals surface area contributed by atoms with Gasteiger partial charge < -0.3 is 28.4 Å². The van der Waals surface area contributed by atoms with E-state index < -0.39 is 46.0 Å². The van der Waals surface area contributed by atoms with E-state index in [1.807, 2.05) is 19.1 Å². The molecule has 1 fully saturated rings. The van der Waals surface area contributed by atoms with Crippen LogP contribution in [0.25, 0.3) is 0 Å². The quantitative estimate of drug-likeness (QED) is 0.392. The molecule has 2 bridgehead atoms. The van der Waals surface area contributed by atoms with Gasteiger partial charge >= 0.3 is 0 Å². The minimum Gasteiger partial charge on any atom is -0.493 e. The van der Waals surface area contributed by atoms with Crippen LogP contribution in [0.5, 0.6) is 0 Å². The molecule has 4 rings (SSSR count). The Kier molecular flexibility index (Phi) is 6.40. The number of ether oxygens (including phenoxy) is 6. The van der Waals surface area contributed by atoms with Gasteiger partial charge in [0.15, 0.2) is 11.4 Å². The van der Waals surface area contributed by atoms with E-state index in [0.29, 0.717) is 5.57 Å². The number of carbonyl (C=O) groups excluding carboxylic acids is 2. The molecule has 0 aromatic heterocycles. The Hall–Kier alpha value is -2.10. The molecule has 1 saturated carbocycles. The van der Waals surface area contributed by atoms with Gasteiger partial charge in [-0.1, -0.05) is 18.2 Å². The number of hydrogen-bond acceptors (Lipinski definition) is 8. The number of methoxy groups -OCH3 is 6. The highest BCUT2D eigenvalue weighted by Gasteiger charge is 2.82. The molecule has 8 heteroatoms. The third kappa shape index (κ3) is 2.55. The monoisotopic (exact) mass is 448 g/mol. The first kappa shape index (κ1) is 24.5. The van der Waals surface area contributed by atoms with E-state index in [0.717, 1.165) is 0 Å². The largest absolute Gasteiger partial charge is 0.493 e. The fraction of sp³-hybridized carbons (Fsp3) is 0.583. The molecule has 8 nitrogen and oxygen atoms in total. The Morgan fingerprint density at radius 3 is 1.97 bits per heavy atom. The topological polar surface area (TPSA) is 89.5 Å². The zero-order chi connectivity index (χ0) is 23.9. The van der Waals surface area contributed by atoms with Gasteiger partial charge in [0, 0.05) is 46.9 Å². The summed E-state index contributed by atoms with van der Waals surface area (Å²) >= 11 is 0. The fourth-order valence-corrected chi connectivity index (χ4v) is 6.12. The lowest BCUT2D eigenvalue weighted by molar-refractivity contribution is -0.329. The van der Waals surface area contributed by atoms with Crippen LogP contribution in [0.2, 0.25) is 0 Å². The van der Waals surface area contributed by atoms with Gasteiger partial charge in [-0.15, -0.1) is 6.58 Å². The summed E-state index contributed by atoms with van der Waals surface area (Å²) < 4.78 is 34.8. The standard InChI is InChI=1S/C24H32O8/c1-9-11-15-13-22(28-4)20(26)23(29-5,30-6)17(15)18-21(22,12-10-2)14-16(27-3)19(25)24(18,31-7)32-8/h9-11,13-14,17-18H,2,12H2,1,3-8H3/b11-9+/t17-,18+,21+,22+/m1/s1. The van der Waals surface area contributed by atoms with Gasteiger partial charge in [-0.25, -0.2) is 0 Å². The Labute approximate surface area is 188 Å². The van der Waals surface area contributed by atoms with Crippen LogP contribution < -0.4 is 0 Å². The van der Waals surface area contributed by atoms with Crippen LogP contribution in [0.15, 0.2) is 48.3 Å². The minimum absolute atomic E-state index is 0.0185. The molecule has 0 saturated heterocycles. The van der Waals surface area contributed by atoms with E-state index in [9.17, 15) is 9.59 Å². The lowest BCUT2D eigenvalue weighted by Gasteiger charge is -2.67. The highest BCUT2D eigenvalue weighted by molar-refractivity contribution is 6.05. The first-order valence-corrected chi connectivity index (χ1v) is 10.3. The summed E-state index contributed by atoms with van der Waals surface area (Å²) in [5.41, 5.74) is -2.01. The summed E-state index contributed by atoms with van der Waals surface area (Å²) in [6.07, 6.45) is 9.09. The molecule has 32 heavy (non-hydrogen) atoms. The number of hydrogen-bond donors (Lipinski definition) is 0. The van der Waals surface area contributed by atoms with Crippen LogP contribution in [0.1, 0.15) is 13.3 Å². The Bertz CT molecular complexity index is 892. The summed E-state index contributed by atoms with van der Waals surface area (Å²) in [7, 11) is 8.42. The molecule has 0 radical (unpaired) electrons. The molecule has 0 heterocycles. The number of allylic oxidation sites excluding steroid dienone is 3. The molecule has 0 spiro atoms. The number of rotatable bonds is 9. The molecule has 0 N–H and O–H groups in total. The van der Waals surface area contributed by atoms with Crippen LogP contribution in [0.4, 0.5) is 0 Å². The second-order valence-corrected chi connectivity index (χ2v) is 8.10. The maximum Gasteiger partial charge on any atom is 0.256 e. The lowest BCUT2D eigenvalue weighted by atomic mass is 9.41. The van der Waals surface area contributed by atoms with E-state index in [4.69, 9.17) is 28.4 Å². The molecule has 0 aliphatic heterocycles. The van der Waals surface area contributed by atoms with Gasteiger partial charge in [0.05, 0.1) is 13.0 Å². The summed E-state index contributed by atoms with van der Waals surface area (Å²) in [6, 6.07) is 0. The number of ketones is 2. The van der Waals surface area contributed by atoms with Gasteiger partial charge in [-0.3, -0.25) is 9.59 Å². The smallest absolute Gasteiger partial charge is 0.256 e. The third-order valence-corrected chi connectivity index (χ3v) is 7.31. The van der Waals surface area contributed by atoms with Crippen LogP contribution in [0.3, 0.4) is 0 Å². The average Bonchev–Trinajstić information content (AvgIpc) is 2.81. The predicted octanol–water partition coefficient (Wildman–Crippen LogP) is 2.36. The number of Topliss-reactive ketones (excluding diaryl/α,β-unsaturated/α-hetero) is 2. The summed E-state index contributed by atoms with van der Waals surface area (Å²) in [5.74, 6) is -6.00.